The van der Waals surface area contributed by atoms with Crippen LogP contribution in [0.5, 0.6) is 0 Å². The van der Waals surface area contributed by atoms with Gasteiger partial charge < -0.3 is 10.7 Å². The lowest BCUT2D eigenvalue weighted by Gasteiger charge is -2.19. The zero-order valence-corrected chi connectivity index (χ0v) is 12.9. The van der Waals surface area contributed by atoms with Crippen molar-refractivity contribution in [2.24, 2.45) is 5.84 Å². The number of aryl methyl sites for hydroxylation is 1. The number of rotatable bonds is 6. The zero-order chi connectivity index (χ0) is 15.2. The fourth-order valence-corrected chi connectivity index (χ4v) is 2.29. The van der Waals surface area contributed by atoms with Crippen LogP contribution in [0.3, 0.4) is 0 Å². The van der Waals surface area contributed by atoms with Gasteiger partial charge in [0.25, 0.3) is 0 Å². The quantitative estimate of drug-likeness (QED) is 0.561. The third-order valence-electron chi connectivity index (χ3n) is 3.51. The largest absolute Gasteiger partial charge is 0.363 e. The summed E-state index contributed by atoms with van der Waals surface area (Å²) in [6.45, 7) is 6.34. The molecular formula is C16H23N5. The molecule has 4 N–H and O–H groups in total. The highest BCUT2D eigenvalue weighted by atomic mass is 15.3. The number of nitrogens with zero attached hydrogens (tertiary/aromatic N) is 2. The van der Waals surface area contributed by atoms with E-state index < -0.39 is 0 Å². The second-order valence-electron chi connectivity index (χ2n) is 5.22. The lowest BCUT2D eigenvalue weighted by Crippen LogP contribution is -2.15. The number of aromatic nitrogens is 2. The number of nitrogens with two attached hydrogens (primary N) is 1. The minimum absolute atomic E-state index is 0.168. The van der Waals surface area contributed by atoms with Crippen molar-refractivity contribution in [1.82, 2.24) is 9.97 Å². The molecule has 5 heteroatoms. The summed E-state index contributed by atoms with van der Waals surface area (Å²) < 4.78 is 0. The van der Waals surface area contributed by atoms with E-state index in [0.29, 0.717) is 5.82 Å². The van der Waals surface area contributed by atoms with Crippen LogP contribution in [0.1, 0.15) is 43.0 Å². The number of hydrogen-bond donors (Lipinski definition) is 3. The Morgan fingerprint density at radius 2 is 1.81 bits per heavy atom. The SMILES string of the molecule is CCCc1c(NN)ncnc1NC(C)c1ccc(C)cc1. The Labute approximate surface area is 126 Å². The van der Waals surface area contributed by atoms with E-state index in [9.17, 15) is 0 Å². The molecule has 21 heavy (non-hydrogen) atoms. The third-order valence-corrected chi connectivity index (χ3v) is 3.51. The van der Waals surface area contributed by atoms with Crippen LogP contribution in [0.25, 0.3) is 0 Å². The van der Waals surface area contributed by atoms with Gasteiger partial charge in [0.05, 0.1) is 0 Å². The van der Waals surface area contributed by atoms with E-state index in [2.05, 4.69) is 65.7 Å². The summed E-state index contributed by atoms with van der Waals surface area (Å²) in [5.74, 6) is 7.07. The van der Waals surface area contributed by atoms with Gasteiger partial charge in [-0.25, -0.2) is 15.8 Å². The molecule has 0 aliphatic rings. The molecule has 0 aliphatic heterocycles. The normalized spacial score (nSPS) is 12.0. The zero-order valence-electron chi connectivity index (χ0n) is 12.9. The van der Waals surface area contributed by atoms with Crippen molar-refractivity contribution in [1.29, 1.82) is 0 Å². The van der Waals surface area contributed by atoms with Gasteiger partial charge in [-0.2, -0.15) is 0 Å². The smallest absolute Gasteiger partial charge is 0.148 e. The monoisotopic (exact) mass is 285 g/mol. The minimum atomic E-state index is 0.168. The standard InChI is InChI=1S/C16H23N5/c1-4-5-14-15(18-10-19-16(14)21-17)20-12(3)13-8-6-11(2)7-9-13/h6-10,12H,4-5,17H2,1-3H3,(H2,18,19,20,21). The van der Waals surface area contributed by atoms with Crippen LogP contribution in [-0.2, 0) is 6.42 Å². The summed E-state index contributed by atoms with van der Waals surface area (Å²) in [6, 6.07) is 8.67. The second kappa shape index (κ2) is 7.04. The summed E-state index contributed by atoms with van der Waals surface area (Å²) in [5.41, 5.74) is 6.16. The summed E-state index contributed by atoms with van der Waals surface area (Å²) >= 11 is 0. The van der Waals surface area contributed by atoms with E-state index in [0.717, 1.165) is 24.2 Å². The molecule has 2 rings (SSSR count). The first-order chi connectivity index (χ1) is 10.2. The molecule has 0 saturated carbocycles. The highest BCUT2D eigenvalue weighted by Gasteiger charge is 2.13. The van der Waals surface area contributed by atoms with Crippen LogP contribution in [0.4, 0.5) is 11.6 Å². The maximum atomic E-state index is 5.54. The highest BCUT2D eigenvalue weighted by Crippen LogP contribution is 2.25. The predicted octanol–water partition coefficient (Wildman–Crippen LogP) is 3.20. The fourth-order valence-electron chi connectivity index (χ4n) is 2.29. The molecule has 0 amide bonds. The van der Waals surface area contributed by atoms with Crippen LogP contribution >= 0.6 is 0 Å². The summed E-state index contributed by atoms with van der Waals surface area (Å²) in [4.78, 5) is 8.55. The van der Waals surface area contributed by atoms with E-state index in [4.69, 9.17) is 5.84 Å². The molecule has 1 aromatic carbocycles. The van der Waals surface area contributed by atoms with Crippen LogP contribution in [0.2, 0.25) is 0 Å². The molecule has 5 nitrogen and oxygen atoms in total. The molecule has 112 valence electrons. The van der Waals surface area contributed by atoms with Crippen molar-refractivity contribution in [3.63, 3.8) is 0 Å². The Bertz CT molecular complexity index is 580. The van der Waals surface area contributed by atoms with Crippen molar-refractivity contribution >= 4 is 11.6 Å². The topological polar surface area (TPSA) is 75.9 Å². The number of benzene rings is 1. The maximum Gasteiger partial charge on any atom is 0.148 e. The van der Waals surface area contributed by atoms with Gasteiger partial charge >= 0.3 is 0 Å². The lowest BCUT2D eigenvalue weighted by atomic mass is 10.1. The molecule has 0 radical (unpaired) electrons. The van der Waals surface area contributed by atoms with Crippen LogP contribution in [0, 0.1) is 6.92 Å². The molecule has 1 unspecified atom stereocenters. The predicted molar refractivity (Wildman–Crippen MR) is 87.1 cm³/mol. The molecule has 0 bridgehead atoms. The molecule has 1 aromatic heterocycles. The Balaban J connectivity index is 2.24. The van der Waals surface area contributed by atoms with Gasteiger partial charge in [-0.3, -0.25) is 0 Å². The molecule has 0 spiro atoms. The second-order valence-corrected chi connectivity index (χ2v) is 5.22. The molecule has 0 aliphatic carbocycles. The van der Waals surface area contributed by atoms with Gasteiger partial charge in [0.2, 0.25) is 0 Å². The van der Waals surface area contributed by atoms with Crippen LogP contribution in [0.15, 0.2) is 30.6 Å². The summed E-state index contributed by atoms with van der Waals surface area (Å²) in [6.07, 6.45) is 3.41. The number of nitrogens with one attached hydrogen (secondary N) is 2. The van der Waals surface area contributed by atoms with E-state index >= 15 is 0 Å². The molecule has 2 aromatic rings. The van der Waals surface area contributed by atoms with E-state index in [1.165, 1.54) is 17.5 Å². The molecule has 0 fully saturated rings. The Hall–Kier alpha value is -2.14. The summed E-state index contributed by atoms with van der Waals surface area (Å²) in [7, 11) is 0. The van der Waals surface area contributed by atoms with E-state index in [-0.39, 0.29) is 6.04 Å². The van der Waals surface area contributed by atoms with Gasteiger partial charge in [0.1, 0.15) is 18.0 Å². The third kappa shape index (κ3) is 3.70. The first-order valence-electron chi connectivity index (χ1n) is 7.29. The van der Waals surface area contributed by atoms with Gasteiger partial charge in [0, 0.05) is 11.6 Å². The highest BCUT2D eigenvalue weighted by molar-refractivity contribution is 5.57. The van der Waals surface area contributed by atoms with Gasteiger partial charge in [0.15, 0.2) is 0 Å². The van der Waals surface area contributed by atoms with Gasteiger partial charge in [-0.05, 0) is 25.8 Å². The fraction of sp³-hybridized carbons (Fsp3) is 0.375. The van der Waals surface area contributed by atoms with Crippen molar-refractivity contribution in [2.45, 2.75) is 39.7 Å². The minimum Gasteiger partial charge on any atom is -0.363 e. The molecular weight excluding hydrogens is 262 g/mol. The Morgan fingerprint density at radius 1 is 1.14 bits per heavy atom. The maximum absolute atomic E-state index is 5.54. The molecule has 1 heterocycles. The number of anilines is 2. The van der Waals surface area contributed by atoms with Crippen LogP contribution in [-0.4, -0.2) is 9.97 Å². The average Bonchev–Trinajstić information content (AvgIpc) is 2.49. The van der Waals surface area contributed by atoms with Crippen molar-refractivity contribution in [3.8, 4) is 0 Å². The lowest BCUT2D eigenvalue weighted by molar-refractivity contribution is 0.846. The van der Waals surface area contributed by atoms with Gasteiger partial charge in [-0.15, -0.1) is 0 Å². The molecule has 1 atom stereocenters. The number of hydrazine groups is 1. The van der Waals surface area contributed by atoms with E-state index in [1.807, 2.05) is 0 Å². The van der Waals surface area contributed by atoms with E-state index in [1.54, 1.807) is 0 Å². The van der Waals surface area contributed by atoms with Crippen molar-refractivity contribution < 1.29 is 0 Å². The first kappa shape index (κ1) is 15.3. The Kier molecular flexibility index (Phi) is 5.11. The number of nitrogen functional groups attached to an aromatic ring is 1. The molecule has 0 saturated heterocycles. The Morgan fingerprint density at radius 3 is 2.43 bits per heavy atom. The summed E-state index contributed by atoms with van der Waals surface area (Å²) in [5, 5.41) is 3.46. The number of hydrogen-bond acceptors (Lipinski definition) is 5. The van der Waals surface area contributed by atoms with Crippen LogP contribution < -0.4 is 16.6 Å². The average molecular weight is 285 g/mol. The van der Waals surface area contributed by atoms with Gasteiger partial charge in [-0.1, -0.05) is 43.2 Å². The van der Waals surface area contributed by atoms with Crippen molar-refractivity contribution in [2.75, 3.05) is 10.7 Å². The first-order valence-corrected chi connectivity index (χ1v) is 7.29. The van der Waals surface area contributed by atoms with Crippen molar-refractivity contribution in [3.05, 3.63) is 47.3 Å².